The lowest BCUT2D eigenvalue weighted by Crippen LogP contribution is -2.40. The van der Waals surface area contributed by atoms with Gasteiger partial charge in [-0.2, -0.15) is 10.2 Å². The van der Waals surface area contributed by atoms with Crippen molar-refractivity contribution >= 4 is 27.7 Å². The van der Waals surface area contributed by atoms with E-state index in [4.69, 9.17) is 0 Å². The van der Waals surface area contributed by atoms with Crippen molar-refractivity contribution in [2.45, 2.75) is 19.4 Å². The van der Waals surface area contributed by atoms with E-state index in [2.05, 4.69) is 31.4 Å². The number of halogens is 1. The number of amides is 1. The predicted molar refractivity (Wildman–Crippen MR) is 71.1 cm³/mol. The van der Waals surface area contributed by atoms with Gasteiger partial charge in [-0.1, -0.05) is 0 Å². The molecule has 2 aromatic heterocycles. The van der Waals surface area contributed by atoms with E-state index in [0.29, 0.717) is 5.82 Å². The fourth-order valence-corrected chi connectivity index (χ4v) is 1.75. The Kier molecular flexibility index (Phi) is 3.25. The molecule has 0 atom stereocenters. The van der Waals surface area contributed by atoms with Crippen LogP contribution in [-0.4, -0.2) is 25.5 Å². The van der Waals surface area contributed by atoms with E-state index in [9.17, 15) is 4.79 Å². The van der Waals surface area contributed by atoms with Crippen molar-refractivity contribution < 1.29 is 4.79 Å². The van der Waals surface area contributed by atoms with Crippen LogP contribution in [0.25, 0.3) is 0 Å². The first-order valence-corrected chi connectivity index (χ1v) is 6.20. The molecule has 1 N–H and O–H groups in total. The quantitative estimate of drug-likeness (QED) is 0.939. The summed E-state index contributed by atoms with van der Waals surface area (Å²) in [6, 6.07) is 1.74. The second-order valence-electron chi connectivity index (χ2n) is 4.49. The highest BCUT2D eigenvalue weighted by atomic mass is 79.9. The number of anilines is 1. The second-order valence-corrected chi connectivity index (χ2v) is 5.41. The van der Waals surface area contributed by atoms with Gasteiger partial charge in [0.1, 0.15) is 5.54 Å². The van der Waals surface area contributed by atoms with Crippen LogP contribution in [0.3, 0.4) is 0 Å². The van der Waals surface area contributed by atoms with E-state index in [1.54, 1.807) is 54.9 Å². The number of carbonyl (C=O) groups excluding carboxylic acids is 1. The Balaban J connectivity index is 2.17. The van der Waals surface area contributed by atoms with Gasteiger partial charge in [-0.15, -0.1) is 0 Å². The second kappa shape index (κ2) is 4.56. The van der Waals surface area contributed by atoms with Crippen LogP contribution in [0.4, 0.5) is 5.82 Å². The third-order valence-corrected chi connectivity index (χ3v) is 3.04. The number of hydrogen-bond acceptors (Lipinski definition) is 3. The number of aryl methyl sites for hydroxylation is 1. The number of carbonyl (C=O) groups is 1. The van der Waals surface area contributed by atoms with Crippen LogP contribution in [0.5, 0.6) is 0 Å². The molecule has 0 unspecified atom stereocenters. The van der Waals surface area contributed by atoms with E-state index < -0.39 is 5.54 Å². The molecular weight excluding hydrogens is 298 g/mol. The molecule has 0 radical (unpaired) electrons. The SMILES string of the molecule is Cn1ccc(NC(=O)C(C)(C)n2cc(Br)cn2)n1. The van der Waals surface area contributed by atoms with Gasteiger partial charge in [-0.3, -0.25) is 14.2 Å². The van der Waals surface area contributed by atoms with Crippen molar-refractivity contribution in [3.63, 3.8) is 0 Å². The summed E-state index contributed by atoms with van der Waals surface area (Å²) in [5.74, 6) is 0.360. The van der Waals surface area contributed by atoms with Crippen molar-refractivity contribution in [2.75, 3.05) is 5.32 Å². The molecule has 0 aliphatic carbocycles. The van der Waals surface area contributed by atoms with Crippen molar-refractivity contribution in [3.05, 3.63) is 29.1 Å². The average molecular weight is 312 g/mol. The van der Waals surface area contributed by atoms with Crippen LogP contribution in [0.1, 0.15) is 13.8 Å². The first-order valence-electron chi connectivity index (χ1n) is 5.41. The van der Waals surface area contributed by atoms with Crippen LogP contribution in [0.2, 0.25) is 0 Å². The van der Waals surface area contributed by atoms with Gasteiger partial charge in [0.25, 0.3) is 5.91 Å². The Hall–Kier alpha value is -1.63. The van der Waals surface area contributed by atoms with Crippen molar-refractivity contribution in [2.24, 2.45) is 7.05 Å². The van der Waals surface area contributed by atoms with Gasteiger partial charge in [0.15, 0.2) is 5.82 Å². The van der Waals surface area contributed by atoms with Crippen LogP contribution < -0.4 is 5.32 Å². The fraction of sp³-hybridized carbons (Fsp3) is 0.364. The van der Waals surface area contributed by atoms with Crippen LogP contribution in [-0.2, 0) is 17.4 Å². The Morgan fingerprint density at radius 2 is 2.22 bits per heavy atom. The molecule has 18 heavy (non-hydrogen) atoms. The summed E-state index contributed by atoms with van der Waals surface area (Å²) in [5, 5.41) is 11.0. The molecule has 0 aliphatic heterocycles. The first-order chi connectivity index (χ1) is 8.39. The molecule has 6 nitrogen and oxygen atoms in total. The molecule has 0 spiro atoms. The van der Waals surface area contributed by atoms with E-state index in [1.165, 1.54) is 0 Å². The Morgan fingerprint density at radius 1 is 1.50 bits per heavy atom. The molecule has 0 saturated heterocycles. The van der Waals surface area contributed by atoms with Gasteiger partial charge < -0.3 is 5.32 Å². The molecule has 2 rings (SSSR count). The van der Waals surface area contributed by atoms with Gasteiger partial charge in [-0.25, -0.2) is 0 Å². The molecule has 0 aromatic carbocycles. The van der Waals surface area contributed by atoms with Crippen molar-refractivity contribution in [1.82, 2.24) is 19.6 Å². The summed E-state index contributed by atoms with van der Waals surface area (Å²) in [5.41, 5.74) is -0.788. The molecule has 0 fully saturated rings. The van der Waals surface area contributed by atoms with E-state index in [0.717, 1.165) is 4.47 Å². The smallest absolute Gasteiger partial charge is 0.252 e. The monoisotopic (exact) mass is 311 g/mol. The van der Waals surface area contributed by atoms with Crippen molar-refractivity contribution in [3.8, 4) is 0 Å². The van der Waals surface area contributed by atoms with E-state index >= 15 is 0 Å². The Labute approximate surface area is 113 Å². The standard InChI is InChI=1S/C11H14BrN5O/c1-11(2,17-7-8(12)6-13-17)10(18)14-9-4-5-16(3)15-9/h4-7H,1-3H3,(H,14,15,18). The number of aromatic nitrogens is 4. The normalized spacial score (nSPS) is 11.6. The van der Waals surface area contributed by atoms with Gasteiger partial charge in [0.05, 0.1) is 10.7 Å². The largest absolute Gasteiger partial charge is 0.307 e. The molecule has 96 valence electrons. The summed E-state index contributed by atoms with van der Waals surface area (Å²) in [7, 11) is 1.80. The highest BCUT2D eigenvalue weighted by Gasteiger charge is 2.31. The van der Waals surface area contributed by atoms with E-state index in [-0.39, 0.29) is 5.91 Å². The maximum absolute atomic E-state index is 12.2. The Bertz CT molecular complexity index is 572. The summed E-state index contributed by atoms with van der Waals surface area (Å²) in [6.45, 7) is 3.59. The van der Waals surface area contributed by atoms with Gasteiger partial charge in [0.2, 0.25) is 0 Å². The maximum Gasteiger partial charge on any atom is 0.252 e. The fourth-order valence-electron chi connectivity index (χ4n) is 1.46. The minimum absolute atomic E-state index is 0.170. The lowest BCUT2D eigenvalue weighted by atomic mass is 10.1. The van der Waals surface area contributed by atoms with Crippen LogP contribution in [0, 0.1) is 0 Å². The summed E-state index contributed by atoms with van der Waals surface area (Å²) >= 11 is 3.31. The zero-order chi connectivity index (χ0) is 13.3. The molecule has 0 saturated carbocycles. The number of nitrogens with one attached hydrogen (secondary N) is 1. The van der Waals surface area contributed by atoms with Crippen LogP contribution in [0.15, 0.2) is 29.1 Å². The lowest BCUT2D eigenvalue weighted by molar-refractivity contribution is -0.123. The number of rotatable bonds is 3. The van der Waals surface area contributed by atoms with Crippen LogP contribution >= 0.6 is 15.9 Å². The average Bonchev–Trinajstić information content (AvgIpc) is 2.88. The molecule has 0 bridgehead atoms. The summed E-state index contributed by atoms with van der Waals surface area (Å²) < 4.78 is 4.07. The highest BCUT2D eigenvalue weighted by Crippen LogP contribution is 2.19. The zero-order valence-corrected chi connectivity index (χ0v) is 12.0. The molecule has 2 aromatic rings. The highest BCUT2D eigenvalue weighted by molar-refractivity contribution is 9.10. The third kappa shape index (κ3) is 2.45. The molecule has 7 heteroatoms. The minimum atomic E-state index is -0.788. The molecule has 2 heterocycles. The molecule has 0 aliphatic rings. The summed E-state index contributed by atoms with van der Waals surface area (Å²) in [6.07, 6.45) is 5.18. The van der Waals surface area contributed by atoms with E-state index in [1.807, 2.05) is 0 Å². The van der Waals surface area contributed by atoms with Crippen molar-refractivity contribution in [1.29, 1.82) is 0 Å². The number of nitrogens with zero attached hydrogens (tertiary/aromatic N) is 4. The Morgan fingerprint density at radius 3 is 2.72 bits per heavy atom. The first kappa shape index (κ1) is 12.8. The molecule has 1 amide bonds. The molecular formula is C11H14BrN5O. The lowest BCUT2D eigenvalue weighted by Gasteiger charge is -2.23. The van der Waals surface area contributed by atoms with Gasteiger partial charge in [-0.05, 0) is 29.8 Å². The third-order valence-electron chi connectivity index (χ3n) is 2.63. The summed E-state index contributed by atoms with van der Waals surface area (Å²) in [4.78, 5) is 12.2. The topological polar surface area (TPSA) is 64.7 Å². The predicted octanol–water partition coefficient (Wildman–Crippen LogP) is 1.75. The van der Waals surface area contributed by atoms with Gasteiger partial charge in [0, 0.05) is 25.5 Å². The minimum Gasteiger partial charge on any atom is -0.307 e. The number of hydrogen-bond donors (Lipinski definition) is 1. The van der Waals surface area contributed by atoms with Gasteiger partial charge >= 0.3 is 0 Å². The maximum atomic E-state index is 12.2. The zero-order valence-electron chi connectivity index (χ0n) is 10.4.